The van der Waals surface area contributed by atoms with Crippen LogP contribution in [0, 0.1) is 0 Å². The Bertz CT molecular complexity index is 666. The van der Waals surface area contributed by atoms with Crippen LogP contribution in [0.25, 0.3) is 0 Å². The number of benzene rings is 1. The summed E-state index contributed by atoms with van der Waals surface area (Å²) in [4.78, 5) is 23.7. The molecule has 1 aromatic rings. The van der Waals surface area contributed by atoms with Crippen molar-refractivity contribution in [1.29, 1.82) is 0 Å². The predicted octanol–water partition coefficient (Wildman–Crippen LogP) is 3.42. The molecular formula is C22H35N3O5. The first-order chi connectivity index (χ1) is 14.5. The van der Waals surface area contributed by atoms with Crippen LogP contribution < -0.4 is 25.0 Å². The molecule has 0 saturated carbocycles. The third kappa shape index (κ3) is 9.62. The third-order valence-corrected chi connectivity index (χ3v) is 4.54. The van der Waals surface area contributed by atoms with E-state index in [4.69, 9.17) is 14.2 Å². The monoisotopic (exact) mass is 421 g/mol. The van der Waals surface area contributed by atoms with Crippen LogP contribution in [0.1, 0.15) is 63.9 Å². The quantitative estimate of drug-likeness (QED) is 0.257. The second kappa shape index (κ2) is 15.1. The second-order valence-electron chi connectivity index (χ2n) is 6.90. The Balaban J connectivity index is 2.34. The zero-order valence-electron chi connectivity index (χ0n) is 18.6. The first-order valence-electron chi connectivity index (χ1n) is 10.4. The SMILES string of the molecule is CCCCCCCCCC(=O)NCC(=O)NN=Cc1cc(OC)c(OC)c(OC)c1. The van der Waals surface area contributed by atoms with Crippen molar-refractivity contribution >= 4 is 18.0 Å². The molecule has 0 fully saturated rings. The van der Waals surface area contributed by atoms with E-state index in [0.29, 0.717) is 29.2 Å². The minimum atomic E-state index is -0.397. The molecule has 2 N–H and O–H groups in total. The molecule has 168 valence electrons. The van der Waals surface area contributed by atoms with Gasteiger partial charge in [-0.2, -0.15) is 5.10 Å². The van der Waals surface area contributed by atoms with Crippen molar-refractivity contribution in [2.45, 2.75) is 58.3 Å². The van der Waals surface area contributed by atoms with Crippen molar-refractivity contribution in [2.75, 3.05) is 27.9 Å². The lowest BCUT2D eigenvalue weighted by molar-refractivity contribution is -0.126. The van der Waals surface area contributed by atoms with Gasteiger partial charge in [0.15, 0.2) is 11.5 Å². The number of unbranched alkanes of at least 4 members (excludes halogenated alkanes) is 6. The van der Waals surface area contributed by atoms with E-state index in [1.807, 2.05) is 0 Å². The van der Waals surface area contributed by atoms with Crippen LogP contribution in [0.2, 0.25) is 0 Å². The van der Waals surface area contributed by atoms with E-state index in [2.05, 4.69) is 22.8 Å². The summed E-state index contributed by atoms with van der Waals surface area (Å²) in [5.41, 5.74) is 3.05. The maximum Gasteiger partial charge on any atom is 0.259 e. The Morgan fingerprint density at radius 2 is 1.50 bits per heavy atom. The highest BCUT2D eigenvalue weighted by molar-refractivity contribution is 5.87. The van der Waals surface area contributed by atoms with Crippen molar-refractivity contribution in [1.82, 2.24) is 10.7 Å². The van der Waals surface area contributed by atoms with E-state index in [9.17, 15) is 9.59 Å². The van der Waals surface area contributed by atoms with Gasteiger partial charge in [-0.3, -0.25) is 9.59 Å². The Kier molecular flexibility index (Phi) is 12.7. The molecule has 2 amide bonds. The molecule has 30 heavy (non-hydrogen) atoms. The maximum absolute atomic E-state index is 11.9. The molecule has 0 bridgehead atoms. The number of carbonyl (C=O) groups is 2. The summed E-state index contributed by atoms with van der Waals surface area (Å²) < 4.78 is 15.8. The van der Waals surface area contributed by atoms with Crippen LogP contribution in [0.3, 0.4) is 0 Å². The topological polar surface area (TPSA) is 98.3 Å². The number of nitrogens with one attached hydrogen (secondary N) is 2. The number of ether oxygens (including phenoxy) is 3. The molecule has 0 aliphatic rings. The number of rotatable bonds is 15. The predicted molar refractivity (Wildman–Crippen MR) is 117 cm³/mol. The summed E-state index contributed by atoms with van der Waals surface area (Å²) in [7, 11) is 4.57. The van der Waals surface area contributed by atoms with Crippen LogP contribution in [0.15, 0.2) is 17.2 Å². The molecule has 8 nitrogen and oxygen atoms in total. The molecule has 0 atom stereocenters. The minimum Gasteiger partial charge on any atom is -0.493 e. The highest BCUT2D eigenvalue weighted by Crippen LogP contribution is 2.37. The smallest absolute Gasteiger partial charge is 0.259 e. The number of hydrazone groups is 1. The highest BCUT2D eigenvalue weighted by Gasteiger charge is 2.12. The summed E-state index contributed by atoms with van der Waals surface area (Å²) >= 11 is 0. The fourth-order valence-corrected chi connectivity index (χ4v) is 2.90. The van der Waals surface area contributed by atoms with Gasteiger partial charge in [-0.25, -0.2) is 5.43 Å². The van der Waals surface area contributed by atoms with Crippen molar-refractivity contribution in [3.8, 4) is 17.2 Å². The zero-order valence-corrected chi connectivity index (χ0v) is 18.6. The first-order valence-corrected chi connectivity index (χ1v) is 10.4. The van der Waals surface area contributed by atoms with E-state index in [1.54, 1.807) is 12.1 Å². The van der Waals surface area contributed by atoms with E-state index < -0.39 is 5.91 Å². The Hall–Kier alpha value is -2.77. The molecule has 1 rings (SSSR count). The maximum atomic E-state index is 11.9. The van der Waals surface area contributed by atoms with Crippen molar-refractivity contribution in [3.63, 3.8) is 0 Å². The van der Waals surface area contributed by atoms with E-state index in [1.165, 1.54) is 53.2 Å². The standard InChI is InChI=1S/C22H35N3O5/c1-5-6-7-8-9-10-11-12-20(26)23-16-21(27)25-24-15-17-13-18(28-2)22(30-4)19(14-17)29-3/h13-15H,5-12,16H2,1-4H3,(H,23,26)(H,25,27). The minimum absolute atomic E-state index is 0.109. The molecule has 0 spiro atoms. The molecule has 8 heteroatoms. The molecule has 0 unspecified atom stereocenters. The third-order valence-electron chi connectivity index (χ3n) is 4.54. The lowest BCUT2D eigenvalue weighted by Gasteiger charge is -2.12. The average molecular weight is 422 g/mol. The second-order valence-corrected chi connectivity index (χ2v) is 6.90. The molecular weight excluding hydrogens is 386 g/mol. The summed E-state index contributed by atoms with van der Waals surface area (Å²) in [6, 6.07) is 3.42. The normalized spacial score (nSPS) is 10.7. The molecule has 0 aliphatic heterocycles. The lowest BCUT2D eigenvalue weighted by Crippen LogP contribution is -2.34. The number of hydrogen-bond acceptors (Lipinski definition) is 6. The van der Waals surface area contributed by atoms with E-state index >= 15 is 0 Å². The first kappa shape index (κ1) is 25.3. The Labute approximate surface area is 179 Å². The van der Waals surface area contributed by atoms with E-state index in [0.717, 1.165) is 19.3 Å². The van der Waals surface area contributed by atoms with Gasteiger partial charge >= 0.3 is 0 Å². The van der Waals surface area contributed by atoms with Crippen LogP contribution in [-0.2, 0) is 9.59 Å². The van der Waals surface area contributed by atoms with Gasteiger partial charge in [0, 0.05) is 12.0 Å². The summed E-state index contributed by atoms with van der Waals surface area (Å²) in [5.74, 6) is 0.938. The van der Waals surface area contributed by atoms with Gasteiger partial charge < -0.3 is 19.5 Å². The number of hydrogen-bond donors (Lipinski definition) is 2. The van der Waals surface area contributed by atoms with Crippen molar-refractivity contribution in [3.05, 3.63) is 17.7 Å². The van der Waals surface area contributed by atoms with Crippen molar-refractivity contribution < 1.29 is 23.8 Å². The molecule has 0 aliphatic carbocycles. The molecule has 1 aromatic carbocycles. The molecule has 0 heterocycles. The van der Waals surface area contributed by atoms with E-state index in [-0.39, 0.29) is 12.5 Å². The Morgan fingerprint density at radius 1 is 0.900 bits per heavy atom. The molecule has 0 saturated heterocycles. The van der Waals surface area contributed by atoms with Gasteiger partial charge in [0.25, 0.3) is 5.91 Å². The van der Waals surface area contributed by atoms with Crippen LogP contribution >= 0.6 is 0 Å². The lowest BCUT2D eigenvalue weighted by atomic mass is 10.1. The molecule has 0 radical (unpaired) electrons. The fraction of sp³-hybridized carbons (Fsp3) is 0.591. The van der Waals surface area contributed by atoms with Gasteiger partial charge in [0.1, 0.15) is 0 Å². The van der Waals surface area contributed by atoms with Gasteiger partial charge in [-0.1, -0.05) is 45.4 Å². The summed E-state index contributed by atoms with van der Waals surface area (Å²) in [6.07, 6.45) is 9.94. The van der Waals surface area contributed by atoms with Gasteiger partial charge in [0.2, 0.25) is 11.7 Å². The molecule has 0 aromatic heterocycles. The van der Waals surface area contributed by atoms with Crippen LogP contribution in [-0.4, -0.2) is 45.9 Å². The largest absolute Gasteiger partial charge is 0.493 e. The number of carbonyl (C=O) groups excluding carboxylic acids is 2. The number of nitrogens with zero attached hydrogens (tertiary/aromatic N) is 1. The number of amides is 2. The highest BCUT2D eigenvalue weighted by atomic mass is 16.5. The van der Waals surface area contributed by atoms with Crippen molar-refractivity contribution in [2.24, 2.45) is 5.10 Å². The fourth-order valence-electron chi connectivity index (χ4n) is 2.90. The average Bonchev–Trinajstić information content (AvgIpc) is 2.76. The Morgan fingerprint density at radius 3 is 2.07 bits per heavy atom. The summed E-state index contributed by atoms with van der Waals surface area (Å²) in [6.45, 7) is 2.08. The number of methoxy groups -OCH3 is 3. The zero-order chi connectivity index (χ0) is 22.2. The van der Waals surface area contributed by atoms with Gasteiger partial charge in [-0.05, 0) is 18.6 Å². The summed E-state index contributed by atoms with van der Waals surface area (Å²) in [5, 5.41) is 6.52. The van der Waals surface area contributed by atoms with Crippen LogP contribution in [0.4, 0.5) is 0 Å². The van der Waals surface area contributed by atoms with Gasteiger partial charge in [-0.15, -0.1) is 0 Å². The van der Waals surface area contributed by atoms with Gasteiger partial charge in [0.05, 0.1) is 34.1 Å². The van der Waals surface area contributed by atoms with Crippen LogP contribution in [0.5, 0.6) is 17.2 Å².